The molecule has 2 aliphatic carbocycles. The molecule has 0 radical (unpaired) electrons. The number of carbonyl (C=O) groups is 1. The minimum absolute atomic E-state index is 0.303. The lowest BCUT2D eigenvalue weighted by Crippen LogP contribution is -2.53. The van der Waals surface area contributed by atoms with Crippen LogP contribution in [-0.4, -0.2) is 6.29 Å². The molecule has 0 amide bonds. The Kier molecular flexibility index (Phi) is 1.61. The van der Waals surface area contributed by atoms with E-state index < -0.39 is 0 Å². The van der Waals surface area contributed by atoms with E-state index in [2.05, 4.69) is 20.8 Å². The minimum atomic E-state index is 0.303. The third-order valence-corrected chi connectivity index (χ3v) is 4.43. The molecule has 68 valence electrons. The maximum absolute atomic E-state index is 10.9. The molecule has 0 heterocycles. The molecule has 4 atom stereocenters. The molecule has 0 saturated heterocycles. The normalized spacial score (nSPS) is 49.6. The molecule has 2 rings (SSSR count). The van der Waals surface area contributed by atoms with E-state index in [0.29, 0.717) is 11.3 Å². The first-order chi connectivity index (χ1) is 5.59. The van der Waals surface area contributed by atoms with Crippen molar-refractivity contribution in [3.63, 3.8) is 0 Å². The van der Waals surface area contributed by atoms with Gasteiger partial charge < -0.3 is 4.79 Å². The van der Waals surface area contributed by atoms with E-state index in [1.165, 1.54) is 19.1 Å². The number of carbonyl (C=O) groups excluding carboxylic acids is 1. The lowest BCUT2D eigenvalue weighted by Gasteiger charge is -2.55. The predicted octanol–water partition coefficient (Wildman–Crippen LogP) is 2.50. The highest BCUT2D eigenvalue weighted by molar-refractivity contribution is 5.58. The van der Waals surface area contributed by atoms with Crippen LogP contribution in [0.5, 0.6) is 0 Å². The first-order valence-electron chi connectivity index (χ1n) is 5.04. The zero-order chi connectivity index (χ0) is 8.93. The van der Waals surface area contributed by atoms with E-state index in [-0.39, 0.29) is 0 Å². The van der Waals surface area contributed by atoms with E-state index in [0.717, 1.165) is 17.8 Å². The fourth-order valence-corrected chi connectivity index (χ4v) is 3.59. The number of rotatable bonds is 1. The van der Waals surface area contributed by atoms with E-state index in [9.17, 15) is 4.79 Å². The van der Waals surface area contributed by atoms with Crippen LogP contribution in [0.4, 0.5) is 0 Å². The Labute approximate surface area is 74.5 Å². The topological polar surface area (TPSA) is 17.1 Å². The summed E-state index contributed by atoms with van der Waals surface area (Å²) >= 11 is 0. The van der Waals surface area contributed by atoms with Gasteiger partial charge in [-0.3, -0.25) is 0 Å². The van der Waals surface area contributed by atoms with Gasteiger partial charge in [0.05, 0.1) is 0 Å². The Bertz CT molecular complexity index is 207. The Morgan fingerprint density at radius 1 is 1.33 bits per heavy atom. The van der Waals surface area contributed by atoms with Crippen molar-refractivity contribution in [2.24, 2.45) is 29.1 Å². The summed E-state index contributed by atoms with van der Waals surface area (Å²) in [5, 5.41) is 0. The standard InChI is InChI=1S/C11H18O/c1-7-4-5-8-10(7)9(6-12)11(8,2)3/h6-10H,4-5H2,1-3H3/t7-,8+,9-,10-/m0/s1. The molecular weight excluding hydrogens is 148 g/mol. The van der Waals surface area contributed by atoms with Crippen LogP contribution in [0.1, 0.15) is 33.6 Å². The molecule has 12 heavy (non-hydrogen) atoms. The molecule has 0 aliphatic heterocycles. The smallest absolute Gasteiger partial charge is 0.123 e. The summed E-state index contributed by atoms with van der Waals surface area (Å²) in [5.41, 5.74) is 0.303. The van der Waals surface area contributed by atoms with Crippen LogP contribution >= 0.6 is 0 Å². The Balaban J connectivity index is 2.21. The lowest BCUT2D eigenvalue weighted by atomic mass is 9.49. The fraction of sp³-hybridized carbons (Fsp3) is 0.909. The zero-order valence-electron chi connectivity index (χ0n) is 8.21. The molecular formula is C11H18O. The first-order valence-corrected chi connectivity index (χ1v) is 5.04. The molecule has 2 aliphatic rings. The van der Waals surface area contributed by atoms with Crippen LogP contribution in [0.15, 0.2) is 0 Å². The molecule has 0 aromatic heterocycles. The molecule has 1 heteroatoms. The molecule has 1 nitrogen and oxygen atoms in total. The van der Waals surface area contributed by atoms with Gasteiger partial charge in [-0.15, -0.1) is 0 Å². The van der Waals surface area contributed by atoms with E-state index >= 15 is 0 Å². The van der Waals surface area contributed by atoms with Crippen molar-refractivity contribution in [1.29, 1.82) is 0 Å². The molecule has 0 unspecified atom stereocenters. The molecule has 0 N–H and O–H groups in total. The SMILES string of the molecule is C[C@H]1CC[C@@H]2[C@H]1[C@H](C=O)C2(C)C. The number of fused-ring (bicyclic) bond motifs is 1. The highest BCUT2D eigenvalue weighted by atomic mass is 16.1. The van der Waals surface area contributed by atoms with Crippen molar-refractivity contribution in [2.75, 3.05) is 0 Å². The number of aldehydes is 1. The Morgan fingerprint density at radius 3 is 2.58 bits per heavy atom. The Morgan fingerprint density at radius 2 is 2.00 bits per heavy atom. The molecule has 0 aromatic carbocycles. The van der Waals surface area contributed by atoms with Gasteiger partial charge in [0, 0.05) is 5.92 Å². The van der Waals surface area contributed by atoms with Gasteiger partial charge in [0.15, 0.2) is 0 Å². The van der Waals surface area contributed by atoms with Crippen molar-refractivity contribution >= 4 is 6.29 Å². The summed E-state index contributed by atoms with van der Waals surface area (Å²) in [6.07, 6.45) is 3.88. The van der Waals surface area contributed by atoms with Gasteiger partial charge in [-0.05, 0) is 29.6 Å². The third-order valence-electron chi connectivity index (χ3n) is 4.43. The monoisotopic (exact) mass is 166 g/mol. The Hall–Kier alpha value is -0.330. The number of hydrogen-bond donors (Lipinski definition) is 0. The van der Waals surface area contributed by atoms with Gasteiger partial charge in [0.25, 0.3) is 0 Å². The average molecular weight is 166 g/mol. The lowest BCUT2D eigenvalue weighted by molar-refractivity contribution is -0.138. The quantitative estimate of drug-likeness (QED) is 0.547. The highest BCUT2D eigenvalue weighted by Gasteiger charge is 2.59. The van der Waals surface area contributed by atoms with Crippen molar-refractivity contribution in [3.8, 4) is 0 Å². The van der Waals surface area contributed by atoms with Gasteiger partial charge in [0.2, 0.25) is 0 Å². The summed E-state index contributed by atoms with van der Waals surface area (Å²) in [5.74, 6) is 2.69. The highest BCUT2D eigenvalue weighted by Crippen LogP contribution is 2.63. The second kappa shape index (κ2) is 2.34. The molecule has 2 saturated carbocycles. The summed E-state index contributed by atoms with van der Waals surface area (Å²) in [6, 6.07) is 0. The largest absolute Gasteiger partial charge is 0.303 e. The molecule has 0 spiro atoms. The first kappa shape index (κ1) is 8.28. The van der Waals surface area contributed by atoms with Gasteiger partial charge in [-0.1, -0.05) is 27.2 Å². The van der Waals surface area contributed by atoms with Gasteiger partial charge >= 0.3 is 0 Å². The second-order valence-corrected chi connectivity index (χ2v) is 5.22. The van der Waals surface area contributed by atoms with Crippen molar-refractivity contribution < 1.29 is 4.79 Å². The van der Waals surface area contributed by atoms with Crippen LogP contribution < -0.4 is 0 Å². The second-order valence-electron chi connectivity index (χ2n) is 5.22. The number of hydrogen-bond acceptors (Lipinski definition) is 1. The van der Waals surface area contributed by atoms with E-state index in [1.54, 1.807) is 0 Å². The van der Waals surface area contributed by atoms with E-state index in [1.807, 2.05) is 0 Å². The predicted molar refractivity (Wildman–Crippen MR) is 48.7 cm³/mol. The van der Waals surface area contributed by atoms with Crippen LogP contribution in [0, 0.1) is 29.1 Å². The fourth-order valence-electron chi connectivity index (χ4n) is 3.59. The van der Waals surface area contributed by atoms with Crippen molar-refractivity contribution in [3.05, 3.63) is 0 Å². The summed E-state index contributed by atoms with van der Waals surface area (Å²) < 4.78 is 0. The van der Waals surface area contributed by atoms with Gasteiger partial charge in [-0.25, -0.2) is 0 Å². The molecule has 0 bridgehead atoms. The third kappa shape index (κ3) is 0.773. The molecule has 0 aromatic rings. The van der Waals surface area contributed by atoms with Crippen LogP contribution in [0.2, 0.25) is 0 Å². The van der Waals surface area contributed by atoms with Crippen LogP contribution in [-0.2, 0) is 4.79 Å². The minimum Gasteiger partial charge on any atom is -0.303 e. The maximum Gasteiger partial charge on any atom is 0.123 e. The van der Waals surface area contributed by atoms with Crippen molar-refractivity contribution in [1.82, 2.24) is 0 Å². The van der Waals surface area contributed by atoms with Crippen LogP contribution in [0.3, 0.4) is 0 Å². The summed E-state index contributed by atoms with van der Waals surface area (Å²) in [7, 11) is 0. The van der Waals surface area contributed by atoms with Gasteiger partial charge in [-0.2, -0.15) is 0 Å². The zero-order valence-corrected chi connectivity index (χ0v) is 8.21. The summed E-state index contributed by atoms with van der Waals surface area (Å²) in [6.45, 7) is 6.81. The summed E-state index contributed by atoms with van der Waals surface area (Å²) in [4.78, 5) is 10.9. The van der Waals surface area contributed by atoms with Crippen molar-refractivity contribution in [2.45, 2.75) is 33.6 Å². The van der Waals surface area contributed by atoms with E-state index in [4.69, 9.17) is 0 Å². The molecule has 2 fully saturated rings. The maximum atomic E-state index is 10.9. The van der Waals surface area contributed by atoms with Crippen LogP contribution in [0.25, 0.3) is 0 Å². The van der Waals surface area contributed by atoms with Gasteiger partial charge in [0.1, 0.15) is 6.29 Å². The average Bonchev–Trinajstić information content (AvgIpc) is 2.31.